The van der Waals surface area contributed by atoms with Crippen LogP contribution in [0.5, 0.6) is 0 Å². The first-order valence-corrected chi connectivity index (χ1v) is 5.89. The molecular formula is C11H16F3NO3. The van der Waals surface area contributed by atoms with Crippen LogP contribution >= 0.6 is 0 Å². The largest absolute Gasteiger partial charge is 0.491 e. The first kappa shape index (κ1) is 14.9. The maximum atomic E-state index is 11.9. The highest BCUT2D eigenvalue weighted by Crippen LogP contribution is 2.27. The average molecular weight is 267 g/mol. The summed E-state index contributed by atoms with van der Waals surface area (Å²) in [6, 6.07) is -1.17. The Morgan fingerprint density at radius 1 is 1.22 bits per heavy atom. The number of hydrogen-bond acceptors (Lipinski definition) is 4. The molecule has 0 spiro atoms. The second-order valence-corrected chi connectivity index (χ2v) is 4.55. The van der Waals surface area contributed by atoms with Gasteiger partial charge >= 0.3 is 18.1 Å². The molecule has 0 aromatic carbocycles. The van der Waals surface area contributed by atoms with Gasteiger partial charge in [-0.1, -0.05) is 32.1 Å². The monoisotopic (exact) mass is 267 g/mol. The van der Waals surface area contributed by atoms with Gasteiger partial charge in [-0.25, -0.2) is 9.59 Å². The predicted octanol–water partition coefficient (Wildman–Crippen LogP) is 1.92. The Morgan fingerprint density at radius 3 is 2.28 bits per heavy atom. The van der Waals surface area contributed by atoms with Crippen LogP contribution in [0.2, 0.25) is 0 Å². The Kier molecular flexibility index (Phi) is 5.13. The van der Waals surface area contributed by atoms with Crippen LogP contribution in [0.25, 0.3) is 0 Å². The highest BCUT2D eigenvalue weighted by atomic mass is 19.4. The zero-order valence-corrected chi connectivity index (χ0v) is 9.83. The summed E-state index contributed by atoms with van der Waals surface area (Å²) < 4.78 is 39.3. The van der Waals surface area contributed by atoms with E-state index in [0.717, 1.165) is 32.1 Å². The highest BCUT2D eigenvalue weighted by Gasteiger charge is 2.43. The van der Waals surface area contributed by atoms with Crippen LogP contribution in [0.15, 0.2) is 0 Å². The molecule has 4 nitrogen and oxygen atoms in total. The number of rotatable bonds is 3. The number of nitrogens with two attached hydrogens (primary N) is 1. The van der Waals surface area contributed by atoms with Crippen molar-refractivity contribution in [1.29, 1.82) is 0 Å². The van der Waals surface area contributed by atoms with Crippen LogP contribution in [0.3, 0.4) is 0 Å². The quantitative estimate of drug-likeness (QED) is 0.626. The molecule has 1 unspecified atom stereocenters. The molecule has 18 heavy (non-hydrogen) atoms. The molecule has 7 heteroatoms. The zero-order chi connectivity index (χ0) is 13.8. The number of halogens is 3. The van der Waals surface area contributed by atoms with Crippen molar-refractivity contribution in [2.75, 3.05) is 0 Å². The van der Waals surface area contributed by atoms with Crippen molar-refractivity contribution < 1.29 is 27.5 Å². The normalized spacial score (nSPS) is 19.3. The van der Waals surface area contributed by atoms with Gasteiger partial charge in [0.15, 0.2) is 0 Å². The van der Waals surface area contributed by atoms with E-state index in [4.69, 9.17) is 5.73 Å². The number of ether oxygens (including phenoxy) is 1. The molecule has 0 saturated heterocycles. The SMILES string of the molecule is NC(CC1CCCCC1)C(=O)OC(=O)C(F)(F)F. The Morgan fingerprint density at radius 2 is 1.78 bits per heavy atom. The van der Waals surface area contributed by atoms with Crippen molar-refractivity contribution in [1.82, 2.24) is 0 Å². The van der Waals surface area contributed by atoms with Gasteiger partial charge in [0.05, 0.1) is 0 Å². The standard InChI is InChI=1S/C11H16F3NO3/c12-11(13,14)10(17)18-9(16)8(15)6-7-4-2-1-3-5-7/h7-8H,1-6,15H2. The molecule has 0 bridgehead atoms. The van der Waals surface area contributed by atoms with Crippen molar-refractivity contribution in [3.8, 4) is 0 Å². The molecule has 1 fully saturated rings. The van der Waals surface area contributed by atoms with Crippen molar-refractivity contribution in [3.05, 3.63) is 0 Å². The number of hydrogen-bond donors (Lipinski definition) is 1. The fraction of sp³-hybridized carbons (Fsp3) is 0.818. The molecule has 0 radical (unpaired) electrons. The van der Waals surface area contributed by atoms with E-state index >= 15 is 0 Å². The van der Waals surface area contributed by atoms with Gasteiger partial charge in [0.2, 0.25) is 0 Å². The van der Waals surface area contributed by atoms with Crippen molar-refractivity contribution in [3.63, 3.8) is 0 Å². The van der Waals surface area contributed by atoms with Crippen molar-refractivity contribution in [2.45, 2.75) is 50.7 Å². The Balaban J connectivity index is 2.39. The van der Waals surface area contributed by atoms with Gasteiger partial charge in [0.25, 0.3) is 0 Å². The van der Waals surface area contributed by atoms with E-state index in [1.54, 1.807) is 0 Å². The van der Waals surface area contributed by atoms with Crippen molar-refractivity contribution in [2.24, 2.45) is 11.7 Å². The van der Waals surface area contributed by atoms with Crippen LogP contribution in [-0.4, -0.2) is 24.2 Å². The van der Waals surface area contributed by atoms with Gasteiger partial charge in [-0.15, -0.1) is 0 Å². The smallest absolute Gasteiger partial charge is 0.385 e. The number of esters is 2. The van der Waals surface area contributed by atoms with Gasteiger partial charge in [-0.2, -0.15) is 13.2 Å². The molecule has 0 heterocycles. The molecule has 0 aromatic heterocycles. The molecule has 0 amide bonds. The van der Waals surface area contributed by atoms with E-state index in [1.165, 1.54) is 0 Å². The lowest BCUT2D eigenvalue weighted by Crippen LogP contribution is -2.39. The highest BCUT2D eigenvalue weighted by molar-refractivity contribution is 5.90. The summed E-state index contributed by atoms with van der Waals surface area (Å²) >= 11 is 0. The molecule has 0 aliphatic heterocycles. The van der Waals surface area contributed by atoms with E-state index < -0.39 is 24.2 Å². The first-order chi connectivity index (χ1) is 8.30. The number of carbonyl (C=O) groups is 2. The van der Waals surface area contributed by atoms with Gasteiger partial charge in [0, 0.05) is 0 Å². The third kappa shape index (κ3) is 4.64. The van der Waals surface area contributed by atoms with Crippen LogP contribution in [0, 0.1) is 5.92 Å². The minimum Gasteiger partial charge on any atom is -0.385 e. The summed E-state index contributed by atoms with van der Waals surface area (Å²) in [4.78, 5) is 21.7. The van der Waals surface area contributed by atoms with Crippen molar-refractivity contribution >= 4 is 11.9 Å². The lowest BCUT2D eigenvalue weighted by atomic mass is 9.85. The molecule has 1 rings (SSSR count). The second kappa shape index (κ2) is 6.17. The zero-order valence-electron chi connectivity index (χ0n) is 9.83. The average Bonchev–Trinajstić information content (AvgIpc) is 2.28. The van der Waals surface area contributed by atoms with E-state index in [-0.39, 0.29) is 12.3 Å². The Bertz CT molecular complexity index is 311. The van der Waals surface area contributed by atoms with E-state index in [0.29, 0.717) is 0 Å². The van der Waals surface area contributed by atoms with Gasteiger partial charge in [-0.3, -0.25) is 0 Å². The van der Waals surface area contributed by atoms with E-state index in [9.17, 15) is 22.8 Å². The molecule has 1 aliphatic rings. The Labute approximate surface area is 103 Å². The molecule has 2 N–H and O–H groups in total. The maximum absolute atomic E-state index is 11.9. The van der Waals surface area contributed by atoms with Gasteiger partial charge in [-0.05, 0) is 12.3 Å². The number of alkyl halides is 3. The van der Waals surface area contributed by atoms with Gasteiger partial charge < -0.3 is 10.5 Å². The summed E-state index contributed by atoms with van der Waals surface area (Å²) in [6.45, 7) is 0. The van der Waals surface area contributed by atoms with Crippen LogP contribution < -0.4 is 5.73 Å². The molecule has 104 valence electrons. The summed E-state index contributed by atoms with van der Waals surface area (Å²) in [6.07, 6.45) is 0.122. The topological polar surface area (TPSA) is 69.4 Å². The third-order valence-electron chi connectivity index (χ3n) is 3.04. The van der Waals surface area contributed by atoms with E-state index in [1.807, 2.05) is 0 Å². The molecule has 1 atom stereocenters. The summed E-state index contributed by atoms with van der Waals surface area (Å²) in [5.41, 5.74) is 5.45. The minimum atomic E-state index is -5.17. The van der Waals surface area contributed by atoms with E-state index in [2.05, 4.69) is 4.74 Å². The fourth-order valence-corrected chi connectivity index (χ4v) is 2.10. The van der Waals surface area contributed by atoms with Crippen LogP contribution in [0.1, 0.15) is 38.5 Å². The van der Waals surface area contributed by atoms with Gasteiger partial charge in [0.1, 0.15) is 6.04 Å². The first-order valence-electron chi connectivity index (χ1n) is 5.89. The summed E-state index contributed by atoms with van der Waals surface area (Å²) in [5, 5.41) is 0. The molecule has 0 aromatic rings. The fourth-order valence-electron chi connectivity index (χ4n) is 2.10. The summed E-state index contributed by atoms with van der Waals surface area (Å²) in [7, 11) is 0. The molecular weight excluding hydrogens is 251 g/mol. The lowest BCUT2D eigenvalue weighted by Gasteiger charge is -2.23. The second-order valence-electron chi connectivity index (χ2n) is 4.55. The molecule has 1 aliphatic carbocycles. The van der Waals surface area contributed by atoms with Crippen LogP contribution in [0.4, 0.5) is 13.2 Å². The minimum absolute atomic E-state index is 0.224. The summed E-state index contributed by atoms with van der Waals surface area (Å²) in [5.74, 6) is -3.59. The predicted molar refractivity (Wildman–Crippen MR) is 56.3 cm³/mol. The number of carbonyl (C=O) groups excluding carboxylic acids is 2. The molecule has 1 saturated carbocycles. The van der Waals surface area contributed by atoms with Crippen LogP contribution in [-0.2, 0) is 14.3 Å². The maximum Gasteiger partial charge on any atom is 0.491 e. The third-order valence-corrected chi connectivity index (χ3v) is 3.04. The Hall–Kier alpha value is -1.11. The lowest BCUT2D eigenvalue weighted by molar-refractivity contribution is -0.202.